The van der Waals surface area contributed by atoms with Gasteiger partial charge >= 0.3 is 23.9 Å². The maximum absolute atomic E-state index is 12.6. The minimum atomic E-state index is -1.80. The first-order chi connectivity index (χ1) is 32.6. The zero-order valence-electron chi connectivity index (χ0n) is 41.8. The van der Waals surface area contributed by atoms with Crippen molar-refractivity contribution in [3.63, 3.8) is 0 Å². The van der Waals surface area contributed by atoms with Gasteiger partial charge in [0.1, 0.15) is 74.4 Å². The van der Waals surface area contributed by atoms with Crippen molar-refractivity contribution in [2.45, 2.75) is 185 Å². The van der Waals surface area contributed by atoms with Crippen LogP contribution in [0.2, 0.25) is 0 Å². The molecule has 2 rings (SSSR count). The van der Waals surface area contributed by atoms with E-state index in [1.807, 2.05) is 20.2 Å². The van der Waals surface area contributed by atoms with Crippen LogP contribution in [0.4, 0.5) is 0 Å². The van der Waals surface area contributed by atoms with E-state index >= 15 is 0 Å². The lowest BCUT2D eigenvalue weighted by atomic mass is 9.94. The van der Waals surface area contributed by atoms with Crippen molar-refractivity contribution in [1.29, 1.82) is 0 Å². The van der Waals surface area contributed by atoms with Crippen LogP contribution in [-0.4, -0.2) is 210 Å². The number of aliphatic hydroxyl groups excluding tert-OH is 7. The Morgan fingerprint density at radius 3 is 2.01 bits per heavy atom. The first-order valence-electron chi connectivity index (χ1n) is 23.8. The predicted octanol–water partition coefficient (Wildman–Crippen LogP) is -3.84. The Labute approximate surface area is 417 Å². The summed E-state index contributed by atoms with van der Waals surface area (Å²) in [7, 11) is 5.18. The fraction of sp³-hybridized carbons (Fsp3) is 0.826. The lowest BCUT2D eigenvalue weighted by Crippen LogP contribution is -3.00. The summed E-state index contributed by atoms with van der Waals surface area (Å²) in [6, 6.07) is -2.87. The van der Waals surface area contributed by atoms with Crippen LogP contribution in [0.25, 0.3) is 0 Å². The summed E-state index contributed by atoms with van der Waals surface area (Å²) in [5, 5.41) is 75.9. The number of carbonyl (C=O) groups is 6. The second-order valence-corrected chi connectivity index (χ2v) is 17.7. The van der Waals surface area contributed by atoms with Gasteiger partial charge in [-0.25, -0.2) is 4.79 Å². The van der Waals surface area contributed by atoms with Crippen LogP contribution in [-0.2, 0) is 61.9 Å². The molecule has 6 unspecified atom stereocenters. The van der Waals surface area contributed by atoms with E-state index in [1.54, 1.807) is 6.92 Å². The maximum Gasteiger partial charge on any atom is 0.362 e. The molecule has 0 saturated carbocycles. The Bertz CT molecular complexity index is 1560. The molecule has 24 heteroatoms. The number of allylic oxidation sites excluding steroid dienone is 1. The van der Waals surface area contributed by atoms with Gasteiger partial charge in [-0.1, -0.05) is 51.2 Å². The molecule has 408 valence electrons. The number of amides is 2. The van der Waals surface area contributed by atoms with E-state index in [0.717, 1.165) is 64.7 Å². The van der Waals surface area contributed by atoms with Crippen LogP contribution in [0.3, 0.4) is 0 Å². The molecule has 0 aromatic rings. The van der Waals surface area contributed by atoms with E-state index in [4.69, 9.17) is 23.7 Å². The summed E-state index contributed by atoms with van der Waals surface area (Å²) in [4.78, 5) is 69.8. The lowest BCUT2D eigenvalue weighted by molar-refractivity contribution is -0.883. The minimum absolute atomic E-state index is 0. The van der Waals surface area contributed by atoms with E-state index in [0.29, 0.717) is 30.3 Å². The van der Waals surface area contributed by atoms with E-state index in [9.17, 15) is 64.5 Å². The van der Waals surface area contributed by atoms with Crippen molar-refractivity contribution in [3.8, 4) is 0 Å². The molecule has 0 radical (unpaired) electrons. The number of carbonyl (C=O) groups excluding carboxylic acids is 6. The van der Waals surface area contributed by atoms with Crippen LogP contribution in [0.15, 0.2) is 12.2 Å². The van der Waals surface area contributed by atoms with Crippen LogP contribution >= 0.6 is 0 Å². The quantitative estimate of drug-likeness (QED) is 0.00831. The van der Waals surface area contributed by atoms with Gasteiger partial charge in [0.05, 0.1) is 47.1 Å². The van der Waals surface area contributed by atoms with Crippen molar-refractivity contribution in [3.05, 3.63) is 12.2 Å². The van der Waals surface area contributed by atoms with Gasteiger partial charge in [-0.05, 0) is 45.4 Å². The highest BCUT2D eigenvalue weighted by Crippen LogP contribution is 2.29. The smallest absolute Gasteiger partial charge is 0.362 e. The highest BCUT2D eigenvalue weighted by molar-refractivity contribution is 5.94. The fourth-order valence-electron chi connectivity index (χ4n) is 7.39. The topological polar surface area (TPSA) is 333 Å². The number of unbranched alkanes of at least 4 members (excludes halogenated alkanes) is 7. The number of rotatable bonds is 30. The number of quaternary nitrogens is 1. The van der Waals surface area contributed by atoms with Crippen molar-refractivity contribution in [2.75, 3.05) is 60.7 Å². The molecule has 2 heterocycles. The van der Waals surface area contributed by atoms with Crippen molar-refractivity contribution in [1.82, 2.24) is 10.6 Å². The number of halogens is 1. The summed E-state index contributed by atoms with van der Waals surface area (Å²) < 4.78 is 36.7. The number of nitrogens with zero attached hydrogens (tertiary/aromatic N) is 1. The number of esters is 4. The SMILES string of the molecule is CCCCCC(OC(=O)C[N+](C)(C)CCOC(C)=O)C(O)C/C=C\CCCCCCCC(=O)OC.CCOC(=O)CC(=O)N[C@@H]1C(O)[C@@H](O[C@H]2OC(CO)[C@H](O)C(O)[C@H]2NC(C)=O)C(CO)O[C@@H]1O.[Cl-]. The third-order valence-corrected chi connectivity index (χ3v) is 11.2. The molecule has 23 nitrogen and oxygen atoms in total. The summed E-state index contributed by atoms with van der Waals surface area (Å²) in [5.41, 5.74) is 0. The summed E-state index contributed by atoms with van der Waals surface area (Å²) in [6.45, 7) is 5.63. The van der Waals surface area contributed by atoms with Crippen LogP contribution in [0.1, 0.15) is 111 Å². The molecule has 2 fully saturated rings. The van der Waals surface area contributed by atoms with E-state index in [1.165, 1.54) is 14.0 Å². The fourth-order valence-corrected chi connectivity index (χ4v) is 7.39. The van der Waals surface area contributed by atoms with Gasteiger partial charge in [0.15, 0.2) is 19.1 Å². The van der Waals surface area contributed by atoms with Gasteiger partial charge in [0.2, 0.25) is 11.8 Å². The number of hydrogen-bond acceptors (Lipinski definition) is 20. The third-order valence-electron chi connectivity index (χ3n) is 11.2. The zero-order chi connectivity index (χ0) is 52.1. The van der Waals surface area contributed by atoms with Crippen molar-refractivity contribution >= 4 is 35.7 Å². The van der Waals surface area contributed by atoms with Gasteiger partial charge in [0.25, 0.3) is 0 Å². The largest absolute Gasteiger partial charge is 1.00 e. The second-order valence-electron chi connectivity index (χ2n) is 17.7. The summed E-state index contributed by atoms with van der Waals surface area (Å²) in [5.74, 6) is -3.18. The predicted molar refractivity (Wildman–Crippen MR) is 244 cm³/mol. The molecule has 2 aliphatic heterocycles. The Morgan fingerprint density at radius 2 is 1.41 bits per heavy atom. The molecule has 0 aromatic heterocycles. The average Bonchev–Trinajstić information content (AvgIpc) is 3.28. The van der Waals surface area contributed by atoms with E-state index < -0.39 is 111 Å². The molecule has 2 aliphatic rings. The van der Waals surface area contributed by atoms with Gasteiger partial charge < -0.3 is 96.4 Å². The Morgan fingerprint density at radius 1 is 0.757 bits per heavy atom. The Balaban J connectivity index is 0.00000134. The molecule has 70 heavy (non-hydrogen) atoms. The third kappa shape index (κ3) is 26.2. The number of hydrogen-bond donors (Lipinski definition) is 9. The molecule has 2 saturated heterocycles. The first kappa shape index (κ1) is 66.4. The van der Waals surface area contributed by atoms with Gasteiger partial charge in [0, 0.05) is 20.3 Å². The average molecular weight is 1030 g/mol. The first-order valence-corrected chi connectivity index (χ1v) is 23.8. The lowest BCUT2D eigenvalue weighted by Gasteiger charge is -2.47. The number of methoxy groups -OCH3 is 1. The molecule has 12 atom stereocenters. The van der Waals surface area contributed by atoms with E-state index in [2.05, 4.69) is 33.1 Å². The number of nitrogens with one attached hydrogen (secondary N) is 2. The highest BCUT2D eigenvalue weighted by Gasteiger charge is 2.51. The molecule has 9 N–H and O–H groups in total. The van der Waals surface area contributed by atoms with Gasteiger partial charge in [-0.3, -0.25) is 24.0 Å². The normalized spacial score (nSPS) is 25.2. The number of ether oxygens (including phenoxy) is 7. The number of likely N-dealkylation sites (N-methyl/N-ethyl adjacent to an activating group) is 1. The van der Waals surface area contributed by atoms with Crippen LogP contribution in [0.5, 0.6) is 0 Å². The van der Waals surface area contributed by atoms with Crippen LogP contribution < -0.4 is 23.0 Å². The second kappa shape index (κ2) is 36.3. The monoisotopic (exact) mass is 1030 g/mol. The summed E-state index contributed by atoms with van der Waals surface area (Å²) in [6.07, 6.45) is 0.315. The van der Waals surface area contributed by atoms with E-state index in [-0.39, 0.29) is 50.1 Å². The molecule has 0 aliphatic carbocycles. The molecule has 0 aromatic carbocycles. The van der Waals surface area contributed by atoms with Crippen LogP contribution in [0, 0.1) is 0 Å². The zero-order valence-corrected chi connectivity index (χ0v) is 42.5. The standard InChI is InChI=1S/C27H50NO7.C19H32N2O13.ClH/c1-6-7-14-18-25(35-27(32)22-28(3,4)20-21-34-23(2)29)24(30)17-15-12-10-8-9-11-13-16-19-26(31)33-5;1-3-31-11(26)4-10(25)21-12-16(29)17(9(6-23)32-18(12)30)34-19-13(20-7(2)24)15(28)14(27)8(5-22)33-19;/h12,15,24-25,30H,6-11,13-14,16-22H2,1-5H3;8-9,12-19,22-23,27-30H,3-6H2,1-2H3,(H,20,24)(H,21,25);1H/q+1;;/p-1/b15-12-;;/t;8?,9?,12-,13-,14+,15?,16?,17+,18+,19-;/m.1./s1. The molecule has 0 spiro atoms. The Kier molecular flexibility index (Phi) is 34.5. The van der Waals surface area contributed by atoms with Gasteiger partial charge in [-0.15, -0.1) is 0 Å². The molecule has 0 bridgehead atoms. The van der Waals surface area contributed by atoms with Gasteiger partial charge in [-0.2, -0.15) is 0 Å². The molecular weight excluding hydrogens is 950 g/mol. The van der Waals surface area contributed by atoms with Crippen molar-refractivity contribution in [2.24, 2.45) is 0 Å². The maximum atomic E-state index is 12.6. The summed E-state index contributed by atoms with van der Waals surface area (Å²) >= 11 is 0. The Hall–Kier alpha value is -3.59. The molecule has 2 amide bonds. The highest BCUT2D eigenvalue weighted by atomic mass is 35.5. The molecular formula is C46H82ClN3O20. The minimum Gasteiger partial charge on any atom is -1.00 e. The number of aliphatic hydroxyl groups is 7. The van der Waals surface area contributed by atoms with Crippen molar-refractivity contribution < 1.29 is 115 Å².